The molecule has 8 atom stereocenters. The van der Waals surface area contributed by atoms with Crippen LogP contribution >= 0.6 is 0 Å². The lowest BCUT2D eigenvalue weighted by Crippen LogP contribution is -2.48. The molecule has 0 radical (unpaired) electrons. The fourth-order valence-corrected chi connectivity index (χ4v) is 5.82. The van der Waals surface area contributed by atoms with E-state index < -0.39 is 17.7 Å². The minimum atomic E-state index is -1.08. The molecule has 2 N–H and O–H groups in total. The first-order valence-corrected chi connectivity index (χ1v) is 8.85. The van der Waals surface area contributed by atoms with Crippen molar-refractivity contribution in [2.75, 3.05) is 0 Å². The molecule has 0 aromatic rings. The van der Waals surface area contributed by atoms with E-state index in [1.54, 1.807) is 0 Å². The number of hydrogen-bond acceptors (Lipinski definition) is 4. The van der Waals surface area contributed by atoms with Gasteiger partial charge in [-0.15, -0.1) is 0 Å². The van der Waals surface area contributed by atoms with Crippen LogP contribution in [0.2, 0.25) is 0 Å². The third-order valence-electron chi connectivity index (χ3n) is 6.53. The Labute approximate surface area is 126 Å². The molecule has 4 aliphatic rings. The number of aliphatic hydroxyl groups excluding tert-OH is 1. The van der Waals surface area contributed by atoms with Gasteiger partial charge >= 0.3 is 0 Å². The van der Waals surface area contributed by atoms with Crippen LogP contribution in [-0.2, 0) is 9.47 Å². The van der Waals surface area contributed by atoms with E-state index in [1.807, 2.05) is 0 Å². The van der Waals surface area contributed by atoms with Gasteiger partial charge in [0.05, 0.1) is 12.2 Å². The van der Waals surface area contributed by atoms with Crippen molar-refractivity contribution in [3.8, 4) is 0 Å². The standard InChI is InChI=1S/C17H28O4/c1-3-5-7-16(19)12-10-9-11-13(12)17(21-16,8-6-4-2)20-15(11)14(10)18/h10-15,18-19H,3-9H2,1-2H3/t10?,11?,12?,13?,14-,15?,16-,17?/m0/s1. The first kappa shape index (κ1) is 14.4. The minimum Gasteiger partial charge on any atom is -0.390 e. The van der Waals surface area contributed by atoms with Gasteiger partial charge in [-0.05, 0) is 31.1 Å². The van der Waals surface area contributed by atoms with Gasteiger partial charge in [-0.25, -0.2) is 0 Å². The molecule has 2 aliphatic carbocycles. The Morgan fingerprint density at radius 1 is 1.05 bits per heavy atom. The molecule has 0 spiro atoms. The monoisotopic (exact) mass is 296 g/mol. The Bertz CT molecular complexity index is 427. The van der Waals surface area contributed by atoms with Crippen LogP contribution < -0.4 is 0 Å². The van der Waals surface area contributed by atoms with Gasteiger partial charge in [-0.1, -0.05) is 26.7 Å². The van der Waals surface area contributed by atoms with Crippen molar-refractivity contribution in [1.29, 1.82) is 0 Å². The van der Waals surface area contributed by atoms with E-state index in [9.17, 15) is 10.2 Å². The Balaban J connectivity index is 1.68. The first-order valence-electron chi connectivity index (χ1n) is 8.85. The first-order chi connectivity index (χ1) is 10.1. The average molecular weight is 296 g/mol. The number of unbranched alkanes of at least 4 members (excludes halogenated alkanes) is 2. The average Bonchev–Trinajstić information content (AvgIpc) is 3.11. The van der Waals surface area contributed by atoms with Gasteiger partial charge in [-0.2, -0.15) is 0 Å². The van der Waals surface area contributed by atoms with Crippen LogP contribution in [0.4, 0.5) is 0 Å². The smallest absolute Gasteiger partial charge is 0.175 e. The molecule has 4 fully saturated rings. The molecule has 2 saturated carbocycles. The molecule has 2 saturated heterocycles. The lowest BCUT2D eigenvalue weighted by molar-refractivity contribution is -0.334. The fraction of sp³-hybridized carbons (Fsp3) is 1.00. The summed E-state index contributed by atoms with van der Waals surface area (Å²) in [5, 5.41) is 21.7. The van der Waals surface area contributed by atoms with Gasteiger partial charge in [0.2, 0.25) is 0 Å². The normalized spacial score (nSPS) is 56.6. The van der Waals surface area contributed by atoms with Crippen molar-refractivity contribution in [1.82, 2.24) is 0 Å². The molecule has 4 heteroatoms. The maximum absolute atomic E-state index is 11.2. The SMILES string of the molecule is CCCCC12OC3C4CC(C(C41)[C@](O)(CCCC)O2)[C@@H]3O. The van der Waals surface area contributed by atoms with E-state index in [2.05, 4.69) is 13.8 Å². The maximum atomic E-state index is 11.2. The van der Waals surface area contributed by atoms with Crippen LogP contribution in [0, 0.1) is 23.7 Å². The molecule has 2 heterocycles. The second-order valence-electron chi connectivity index (χ2n) is 7.65. The van der Waals surface area contributed by atoms with Crippen LogP contribution in [0.3, 0.4) is 0 Å². The predicted molar refractivity (Wildman–Crippen MR) is 77.3 cm³/mol. The zero-order valence-corrected chi connectivity index (χ0v) is 13.1. The summed E-state index contributed by atoms with van der Waals surface area (Å²) in [6.07, 6.45) is 6.22. The summed E-state index contributed by atoms with van der Waals surface area (Å²) in [5.74, 6) is -0.783. The summed E-state index contributed by atoms with van der Waals surface area (Å²) in [5.41, 5.74) is 0. The summed E-state index contributed by atoms with van der Waals surface area (Å²) >= 11 is 0. The van der Waals surface area contributed by atoms with Gasteiger partial charge < -0.3 is 19.7 Å². The summed E-state index contributed by atoms with van der Waals surface area (Å²) < 4.78 is 12.5. The Morgan fingerprint density at radius 3 is 2.48 bits per heavy atom. The van der Waals surface area contributed by atoms with Crippen molar-refractivity contribution >= 4 is 0 Å². The number of aliphatic hydroxyl groups is 2. The maximum Gasteiger partial charge on any atom is 0.175 e. The lowest BCUT2D eigenvalue weighted by Gasteiger charge is -2.38. The molecule has 4 nitrogen and oxygen atoms in total. The van der Waals surface area contributed by atoms with Gasteiger partial charge in [-0.3, -0.25) is 0 Å². The summed E-state index contributed by atoms with van der Waals surface area (Å²) in [4.78, 5) is 0. The Morgan fingerprint density at radius 2 is 1.76 bits per heavy atom. The molecule has 21 heavy (non-hydrogen) atoms. The van der Waals surface area contributed by atoms with Gasteiger partial charge in [0, 0.05) is 24.7 Å². The molecule has 0 aromatic carbocycles. The zero-order valence-electron chi connectivity index (χ0n) is 13.1. The molecule has 0 aromatic heterocycles. The molecular formula is C17H28O4. The van der Waals surface area contributed by atoms with Crippen molar-refractivity contribution in [3.05, 3.63) is 0 Å². The van der Waals surface area contributed by atoms with E-state index >= 15 is 0 Å². The Hall–Kier alpha value is -0.160. The van der Waals surface area contributed by atoms with Crippen LogP contribution in [-0.4, -0.2) is 34.0 Å². The molecule has 0 amide bonds. The zero-order chi connectivity index (χ0) is 14.8. The second kappa shape index (κ2) is 4.67. The molecule has 120 valence electrons. The highest BCUT2D eigenvalue weighted by Crippen LogP contribution is 2.71. The topological polar surface area (TPSA) is 58.9 Å². The Kier molecular flexibility index (Phi) is 3.21. The number of hydrogen-bond donors (Lipinski definition) is 2. The third kappa shape index (κ3) is 1.71. The summed E-state index contributed by atoms with van der Waals surface area (Å²) in [6, 6.07) is 0. The molecular weight excluding hydrogens is 268 g/mol. The minimum absolute atomic E-state index is 0.0520. The van der Waals surface area contributed by atoms with E-state index in [-0.39, 0.29) is 17.9 Å². The van der Waals surface area contributed by atoms with Crippen LogP contribution in [0.15, 0.2) is 0 Å². The summed E-state index contributed by atoms with van der Waals surface area (Å²) in [7, 11) is 0. The molecule has 6 unspecified atom stereocenters. The van der Waals surface area contributed by atoms with E-state index in [4.69, 9.17) is 9.47 Å². The number of rotatable bonds is 6. The largest absolute Gasteiger partial charge is 0.390 e. The van der Waals surface area contributed by atoms with Crippen LogP contribution in [0.1, 0.15) is 58.8 Å². The highest BCUT2D eigenvalue weighted by atomic mass is 16.8. The molecule has 2 bridgehead atoms. The highest BCUT2D eigenvalue weighted by Gasteiger charge is 2.79. The van der Waals surface area contributed by atoms with Gasteiger partial charge in [0.25, 0.3) is 0 Å². The van der Waals surface area contributed by atoms with Crippen LogP contribution in [0.5, 0.6) is 0 Å². The van der Waals surface area contributed by atoms with Gasteiger partial charge in [0.1, 0.15) is 0 Å². The van der Waals surface area contributed by atoms with Crippen molar-refractivity contribution in [2.45, 2.75) is 82.6 Å². The van der Waals surface area contributed by atoms with E-state index in [0.29, 0.717) is 18.3 Å². The molecule has 4 rings (SSSR count). The van der Waals surface area contributed by atoms with Crippen molar-refractivity contribution in [3.63, 3.8) is 0 Å². The van der Waals surface area contributed by atoms with Gasteiger partial charge in [0.15, 0.2) is 11.6 Å². The third-order valence-corrected chi connectivity index (χ3v) is 6.53. The lowest BCUT2D eigenvalue weighted by atomic mass is 9.72. The summed E-state index contributed by atoms with van der Waals surface area (Å²) in [6.45, 7) is 4.30. The molecule has 2 aliphatic heterocycles. The van der Waals surface area contributed by atoms with Crippen molar-refractivity contribution in [2.24, 2.45) is 23.7 Å². The quantitative estimate of drug-likeness (QED) is 0.790. The second-order valence-corrected chi connectivity index (χ2v) is 7.65. The van der Waals surface area contributed by atoms with E-state index in [1.165, 1.54) is 0 Å². The predicted octanol–water partition coefficient (Wildman–Crippen LogP) is 2.42. The van der Waals surface area contributed by atoms with Crippen molar-refractivity contribution < 1.29 is 19.7 Å². The number of ether oxygens (including phenoxy) is 2. The number of fused-ring (bicyclic) bond motifs is 2. The highest BCUT2D eigenvalue weighted by molar-refractivity contribution is 5.20. The van der Waals surface area contributed by atoms with Crippen LogP contribution in [0.25, 0.3) is 0 Å². The van der Waals surface area contributed by atoms with E-state index in [0.717, 1.165) is 38.5 Å². The fourth-order valence-electron chi connectivity index (χ4n) is 5.82.